The van der Waals surface area contributed by atoms with Crippen LogP contribution >= 0.6 is 0 Å². The molecule has 2 aromatic rings. The molecule has 4 heteroatoms. The van der Waals surface area contributed by atoms with Crippen LogP contribution in [0.4, 0.5) is 0 Å². The lowest BCUT2D eigenvalue weighted by Gasteiger charge is -2.20. The summed E-state index contributed by atoms with van der Waals surface area (Å²) in [5.41, 5.74) is 2.16. The van der Waals surface area contributed by atoms with Gasteiger partial charge in [-0.1, -0.05) is 6.92 Å². The fraction of sp³-hybridized carbons (Fsp3) is 0.375. The molecule has 20 heavy (non-hydrogen) atoms. The standard InChI is InChI=1S/C16H21NO3/c1-5-14-12(8-9-20-14)16(17-2)13-10-11(18-3)6-7-15(13)19-4/h6-10,16-17H,5H2,1-4H3. The summed E-state index contributed by atoms with van der Waals surface area (Å²) in [4.78, 5) is 0. The van der Waals surface area contributed by atoms with Gasteiger partial charge in [-0.2, -0.15) is 0 Å². The van der Waals surface area contributed by atoms with Crippen molar-refractivity contribution >= 4 is 0 Å². The Morgan fingerprint density at radius 3 is 2.55 bits per heavy atom. The van der Waals surface area contributed by atoms with E-state index in [2.05, 4.69) is 12.2 Å². The summed E-state index contributed by atoms with van der Waals surface area (Å²) >= 11 is 0. The van der Waals surface area contributed by atoms with E-state index in [1.165, 1.54) is 0 Å². The third-order valence-corrected chi connectivity index (χ3v) is 3.45. The second-order valence-electron chi connectivity index (χ2n) is 4.48. The Bertz CT molecular complexity index is 563. The molecular weight excluding hydrogens is 254 g/mol. The number of hydrogen-bond acceptors (Lipinski definition) is 4. The highest BCUT2D eigenvalue weighted by molar-refractivity contribution is 5.46. The lowest BCUT2D eigenvalue weighted by Crippen LogP contribution is -2.19. The third kappa shape index (κ3) is 2.65. The molecule has 108 valence electrons. The summed E-state index contributed by atoms with van der Waals surface area (Å²) in [6, 6.07) is 7.81. The van der Waals surface area contributed by atoms with Gasteiger partial charge in [0.15, 0.2) is 0 Å². The maximum atomic E-state index is 5.54. The molecule has 1 atom stereocenters. The molecule has 0 radical (unpaired) electrons. The van der Waals surface area contributed by atoms with E-state index in [-0.39, 0.29) is 6.04 Å². The number of rotatable bonds is 6. The molecule has 1 N–H and O–H groups in total. The van der Waals surface area contributed by atoms with Crippen LogP contribution in [0.25, 0.3) is 0 Å². The number of methoxy groups -OCH3 is 2. The van der Waals surface area contributed by atoms with E-state index in [0.717, 1.165) is 34.8 Å². The van der Waals surface area contributed by atoms with Crippen LogP contribution in [0.2, 0.25) is 0 Å². The first-order chi connectivity index (χ1) is 9.74. The van der Waals surface area contributed by atoms with Crippen LogP contribution in [-0.4, -0.2) is 21.3 Å². The summed E-state index contributed by atoms with van der Waals surface area (Å²) in [7, 11) is 5.26. The lowest BCUT2D eigenvalue weighted by atomic mass is 9.97. The van der Waals surface area contributed by atoms with Crippen molar-refractivity contribution in [1.29, 1.82) is 0 Å². The molecule has 0 spiro atoms. The molecule has 0 saturated heterocycles. The Balaban J connectivity index is 2.50. The molecule has 2 rings (SSSR count). The van der Waals surface area contributed by atoms with Gasteiger partial charge in [-0.15, -0.1) is 0 Å². The number of furan rings is 1. The number of benzene rings is 1. The zero-order chi connectivity index (χ0) is 14.5. The third-order valence-electron chi connectivity index (χ3n) is 3.45. The second-order valence-corrected chi connectivity index (χ2v) is 4.48. The normalized spacial score (nSPS) is 12.2. The predicted molar refractivity (Wildman–Crippen MR) is 78.5 cm³/mol. The first-order valence-corrected chi connectivity index (χ1v) is 6.70. The van der Waals surface area contributed by atoms with E-state index in [1.807, 2.05) is 31.3 Å². The van der Waals surface area contributed by atoms with Crippen LogP contribution in [0.5, 0.6) is 11.5 Å². The highest BCUT2D eigenvalue weighted by Crippen LogP contribution is 2.34. The maximum Gasteiger partial charge on any atom is 0.124 e. The smallest absolute Gasteiger partial charge is 0.124 e. The summed E-state index contributed by atoms with van der Waals surface area (Å²) < 4.78 is 16.3. The Kier molecular flexibility index (Phi) is 4.69. The minimum absolute atomic E-state index is 0.00810. The molecule has 0 saturated carbocycles. The average molecular weight is 275 g/mol. The van der Waals surface area contributed by atoms with E-state index >= 15 is 0 Å². The summed E-state index contributed by atoms with van der Waals surface area (Å²) in [5.74, 6) is 2.62. The van der Waals surface area contributed by atoms with E-state index < -0.39 is 0 Å². The molecule has 0 fully saturated rings. The zero-order valence-corrected chi connectivity index (χ0v) is 12.4. The first-order valence-electron chi connectivity index (χ1n) is 6.70. The van der Waals surface area contributed by atoms with Gasteiger partial charge in [0, 0.05) is 17.5 Å². The van der Waals surface area contributed by atoms with Crippen molar-refractivity contribution in [2.75, 3.05) is 21.3 Å². The van der Waals surface area contributed by atoms with Crippen molar-refractivity contribution < 1.29 is 13.9 Å². The Morgan fingerprint density at radius 1 is 1.15 bits per heavy atom. The Hall–Kier alpha value is -1.94. The molecule has 0 aliphatic carbocycles. The minimum Gasteiger partial charge on any atom is -0.497 e. The molecule has 0 aliphatic heterocycles. The minimum atomic E-state index is 0.00810. The van der Waals surface area contributed by atoms with Crippen LogP contribution in [0.15, 0.2) is 34.9 Å². The van der Waals surface area contributed by atoms with Crippen LogP contribution in [0, 0.1) is 0 Å². The summed E-state index contributed by atoms with van der Waals surface area (Å²) in [6.45, 7) is 2.08. The molecule has 1 aromatic carbocycles. The SMILES string of the molecule is CCc1occc1C(NC)c1cc(OC)ccc1OC. The lowest BCUT2D eigenvalue weighted by molar-refractivity contribution is 0.394. The second kappa shape index (κ2) is 6.48. The van der Waals surface area contributed by atoms with Gasteiger partial charge in [-0.25, -0.2) is 0 Å². The van der Waals surface area contributed by atoms with Crippen molar-refractivity contribution in [2.24, 2.45) is 0 Å². The average Bonchev–Trinajstić information content (AvgIpc) is 2.96. The molecule has 0 aliphatic rings. The summed E-state index contributed by atoms with van der Waals surface area (Å²) in [6.07, 6.45) is 2.58. The van der Waals surface area contributed by atoms with Crippen molar-refractivity contribution in [3.63, 3.8) is 0 Å². The predicted octanol–water partition coefficient (Wildman–Crippen LogP) is 3.17. The highest BCUT2D eigenvalue weighted by atomic mass is 16.5. The van der Waals surface area contributed by atoms with Crippen LogP contribution < -0.4 is 14.8 Å². The monoisotopic (exact) mass is 275 g/mol. The van der Waals surface area contributed by atoms with Crippen molar-refractivity contribution in [1.82, 2.24) is 5.32 Å². The van der Waals surface area contributed by atoms with Gasteiger partial charge in [0.25, 0.3) is 0 Å². The van der Waals surface area contributed by atoms with Crippen LogP contribution in [0.1, 0.15) is 29.9 Å². The largest absolute Gasteiger partial charge is 0.497 e. The van der Waals surface area contributed by atoms with E-state index in [0.29, 0.717) is 0 Å². The van der Waals surface area contributed by atoms with Crippen molar-refractivity contribution in [3.05, 3.63) is 47.4 Å². The van der Waals surface area contributed by atoms with Gasteiger partial charge in [0.2, 0.25) is 0 Å². The fourth-order valence-corrected chi connectivity index (χ4v) is 2.44. The van der Waals surface area contributed by atoms with Crippen molar-refractivity contribution in [2.45, 2.75) is 19.4 Å². The molecule has 1 aromatic heterocycles. The number of nitrogens with one attached hydrogen (secondary N) is 1. The van der Waals surface area contributed by atoms with E-state index in [4.69, 9.17) is 13.9 Å². The van der Waals surface area contributed by atoms with Gasteiger partial charge in [0.05, 0.1) is 26.5 Å². The Morgan fingerprint density at radius 2 is 1.95 bits per heavy atom. The zero-order valence-electron chi connectivity index (χ0n) is 12.4. The van der Waals surface area contributed by atoms with Gasteiger partial charge < -0.3 is 19.2 Å². The van der Waals surface area contributed by atoms with Crippen LogP contribution in [-0.2, 0) is 6.42 Å². The molecule has 4 nitrogen and oxygen atoms in total. The summed E-state index contributed by atoms with van der Waals surface area (Å²) in [5, 5.41) is 3.33. The van der Waals surface area contributed by atoms with E-state index in [9.17, 15) is 0 Å². The number of aryl methyl sites for hydroxylation is 1. The van der Waals surface area contributed by atoms with E-state index in [1.54, 1.807) is 20.5 Å². The van der Waals surface area contributed by atoms with Crippen molar-refractivity contribution in [3.8, 4) is 11.5 Å². The number of ether oxygens (including phenoxy) is 2. The van der Waals surface area contributed by atoms with Gasteiger partial charge in [-0.05, 0) is 31.3 Å². The molecule has 0 amide bonds. The molecule has 1 heterocycles. The topological polar surface area (TPSA) is 43.6 Å². The highest BCUT2D eigenvalue weighted by Gasteiger charge is 2.21. The molecule has 1 unspecified atom stereocenters. The van der Waals surface area contributed by atoms with Crippen LogP contribution in [0.3, 0.4) is 0 Å². The first kappa shape index (κ1) is 14.5. The quantitative estimate of drug-likeness (QED) is 0.879. The maximum absolute atomic E-state index is 5.54. The van der Waals surface area contributed by atoms with Gasteiger partial charge in [-0.3, -0.25) is 0 Å². The Labute approximate surface area is 119 Å². The van der Waals surface area contributed by atoms with Gasteiger partial charge >= 0.3 is 0 Å². The molecular formula is C16H21NO3. The molecule has 0 bridgehead atoms. The van der Waals surface area contributed by atoms with Gasteiger partial charge in [0.1, 0.15) is 17.3 Å². The fourth-order valence-electron chi connectivity index (χ4n) is 2.44. The number of hydrogen-bond donors (Lipinski definition) is 1.